The van der Waals surface area contributed by atoms with Crippen LogP contribution < -0.4 is 19.5 Å². The van der Waals surface area contributed by atoms with E-state index in [2.05, 4.69) is 10.0 Å². The fourth-order valence-corrected chi connectivity index (χ4v) is 3.82. The summed E-state index contributed by atoms with van der Waals surface area (Å²) in [5, 5.41) is 2.64. The van der Waals surface area contributed by atoms with Crippen LogP contribution in [0.15, 0.2) is 41.3 Å². The molecule has 1 unspecified atom stereocenters. The number of nitrogens with one attached hydrogen (secondary N) is 2. The molecule has 0 saturated carbocycles. The highest BCUT2D eigenvalue weighted by Gasteiger charge is 2.23. The summed E-state index contributed by atoms with van der Waals surface area (Å²) in [7, 11) is -3.73. The molecule has 0 radical (unpaired) electrons. The zero-order valence-electron chi connectivity index (χ0n) is 16.7. The second kappa shape index (κ2) is 8.72. The van der Waals surface area contributed by atoms with Crippen molar-refractivity contribution in [2.75, 3.05) is 18.7 Å². The molecule has 0 spiro atoms. The van der Waals surface area contributed by atoms with Gasteiger partial charge in [0, 0.05) is 18.3 Å². The zero-order valence-corrected chi connectivity index (χ0v) is 17.5. The molecule has 10 heteroatoms. The highest BCUT2D eigenvalue weighted by molar-refractivity contribution is 7.89. The number of aryl methyl sites for hydroxylation is 1. The van der Waals surface area contributed by atoms with E-state index >= 15 is 0 Å². The van der Waals surface area contributed by atoms with Gasteiger partial charge in [0.2, 0.25) is 16.8 Å². The largest absolute Gasteiger partial charge is 0.454 e. The van der Waals surface area contributed by atoms with Crippen molar-refractivity contribution in [2.45, 2.75) is 31.8 Å². The fraction of sp³-hybridized carbons (Fsp3) is 0.300. The highest BCUT2D eigenvalue weighted by atomic mass is 32.2. The van der Waals surface area contributed by atoms with Crippen LogP contribution in [0.2, 0.25) is 0 Å². The molecule has 0 saturated heterocycles. The summed E-state index contributed by atoms with van der Waals surface area (Å²) in [5.41, 5.74) is 1.05. The number of hydrogen-bond donors (Lipinski definition) is 2. The van der Waals surface area contributed by atoms with Gasteiger partial charge in [0.1, 0.15) is 0 Å². The Bertz CT molecular complexity index is 1080. The number of amides is 1. The van der Waals surface area contributed by atoms with Crippen molar-refractivity contribution in [3.05, 3.63) is 47.5 Å². The van der Waals surface area contributed by atoms with Crippen LogP contribution in [0.3, 0.4) is 0 Å². The van der Waals surface area contributed by atoms with Gasteiger partial charge in [0.25, 0.3) is 5.91 Å². The fourth-order valence-electron chi connectivity index (χ4n) is 2.76. The summed E-state index contributed by atoms with van der Waals surface area (Å²) in [5.74, 6) is -0.257. The average molecular weight is 434 g/mol. The molecule has 1 aliphatic rings. The topological polar surface area (TPSA) is 120 Å². The van der Waals surface area contributed by atoms with E-state index < -0.39 is 28.0 Å². The van der Waals surface area contributed by atoms with Gasteiger partial charge in [-0.25, -0.2) is 17.9 Å². The Morgan fingerprint density at radius 3 is 2.60 bits per heavy atom. The third-order valence-electron chi connectivity index (χ3n) is 4.37. The number of anilines is 1. The van der Waals surface area contributed by atoms with Crippen LogP contribution in [-0.4, -0.2) is 39.7 Å². The molecule has 0 fully saturated rings. The molecule has 0 bridgehead atoms. The Kier molecular flexibility index (Phi) is 6.28. The molecule has 3 rings (SSSR count). The van der Waals surface area contributed by atoms with Crippen LogP contribution in [0.25, 0.3) is 0 Å². The van der Waals surface area contributed by atoms with Gasteiger partial charge in [-0.05, 0) is 43.7 Å². The molecule has 9 nitrogen and oxygen atoms in total. The van der Waals surface area contributed by atoms with E-state index in [0.29, 0.717) is 22.7 Å². The highest BCUT2D eigenvalue weighted by Crippen LogP contribution is 2.34. The first-order valence-electron chi connectivity index (χ1n) is 9.23. The van der Waals surface area contributed by atoms with Crippen LogP contribution in [0.4, 0.5) is 5.69 Å². The van der Waals surface area contributed by atoms with E-state index in [1.165, 1.54) is 25.1 Å². The first-order valence-corrected chi connectivity index (χ1v) is 10.7. The Hall–Kier alpha value is -3.11. The lowest BCUT2D eigenvalue weighted by atomic mass is 10.1. The minimum absolute atomic E-state index is 0.0561. The van der Waals surface area contributed by atoms with E-state index in [0.717, 1.165) is 0 Å². The number of benzene rings is 2. The third-order valence-corrected chi connectivity index (χ3v) is 5.91. The summed E-state index contributed by atoms with van der Waals surface area (Å²) < 4.78 is 42.5. The first-order chi connectivity index (χ1) is 14.2. The van der Waals surface area contributed by atoms with Gasteiger partial charge in [0.15, 0.2) is 17.6 Å². The predicted octanol–water partition coefficient (Wildman–Crippen LogP) is 2.21. The second-order valence-electron chi connectivity index (χ2n) is 6.58. The normalized spacial score (nSPS) is 13.6. The number of ether oxygens (including phenoxy) is 3. The third kappa shape index (κ3) is 4.71. The molecule has 1 amide bonds. The van der Waals surface area contributed by atoms with Crippen molar-refractivity contribution >= 4 is 27.6 Å². The molecule has 160 valence electrons. The molecule has 2 N–H and O–H groups in total. The maximum atomic E-state index is 12.6. The van der Waals surface area contributed by atoms with Crippen molar-refractivity contribution < 1.29 is 32.2 Å². The lowest BCUT2D eigenvalue weighted by Crippen LogP contribution is -2.30. The maximum absolute atomic E-state index is 12.6. The number of carbonyl (C=O) groups excluding carboxylic acids is 2. The van der Waals surface area contributed by atoms with Crippen molar-refractivity contribution in [1.29, 1.82) is 0 Å². The van der Waals surface area contributed by atoms with Gasteiger partial charge in [0.05, 0.1) is 10.5 Å². The number of hydrogen-bond acceptors (Lipinski definition) is 7. The van der Waals surface area contributed by atoms with Gasteiger partial charge in [-0.2, -0.15) is 0 Å². The smallest absolute Gasteiger partial charge is 0.339 e. The molecule has 0 aromatic heterocycles. The molecule has 0 aliphatic carbocycles. The predicted molar refractivity (Wildman–Crippen MR) is 108 cm³/mol. The standard InChI is InChI=1S/C20H22N2O7S/c1-4-21-30(25,26)15-7-5-12(2)16(10-15)20(24)29-13(3)19(23)22-14-6-8-17-18(9-14)28-11-27-17/h5-10,13,21H,4,11H2,1-3H3,(H,22,23). The molecule has 2 aromatic rings. The molecule has 1 heterocycles. The van der Waals surface area contributed by atoms with Gasteiger partial charge in [-0.3, -0.25) is 4.79 Å². The Balaban J connectivity index is 1.70. The minimum Gasteiger partial charge on any atom is -0.454 e. The van der Waals surface area contributed by atoms with Crippen LogP contribution >= 0.6 is 0 Å². The number of fused-ring (bicyclic) bond motifs is 1. The lowest BCUT2D eigenvalue weighted by molar-refractivity contribution is -0.123. The Morgan fingerprint density at radius 2 is 1.87 bits per heavy atom. The lowest BCUT2D eigenvalue weighted by Gasteiger charge is -2.15. The number of carbonyl (C=O) groups is 2. The van der Waals surface area contributed by atoms with Crippen LogP contribution in [-0.2, 0) is 19.6 Å². The molecule has 30 heavy (non-hydrogen) atoms. The Morgan fingerprint density at radius 1 is 1.13 bits per heavy atom. The average Bonchev–Trinajstić information content (AvgIpc) is 3.15. The summed E-state index contributed by atoms with van der Waals surface area (Å²) in [4.78, 5) is 24.9. The summed E-state index contributed by atoms with van der Waals surface area (Å²) in [6, 6.07) is 9.05. The van der Waals surface area contributed by atoms with Gasteiger partial charge in [-0.1, -0.05) is 13.0 Å². The van der Waals surface area contributed by atoms with Crippen LogP contribution in [0.5, 0.6) is 11.5 Å². The van der Waals surface area contributed by atoms with Crippen molar-refractivity contribution in [1.82, 2.24) is 4.72 Å². The van der Waals surface area contributed by atoms with E-state index in [-0.39, 0.29) is 23.8 Å². The monoisotopic (exact) mass is 434 g/mol. The second-order valence-corrected chi connectivity index (χ2v) is 8.35. The van der Waals surface area contributed by atoms with Crippen LogP contribution in [0, 0.1) is 6.92 Å². The van der Waals surface area contributed by atoms with E-state index in [1.807, 2.05) is 0 Å². The molecule has 1 aliphatic heterocycles. The van der Waals surface area contributed by atoms with E-state index in [9.17, 15) is 18.0 Å². The SMILES string of the molecule is CCNS(=O)(=O)c1ccc(C)c(C(=O)OC(C)C(=O)Nc2ccc3c(c2)OCO3)c1. The summed E-state index contributed by atoms with van der Waals surface area (Å²) >= 11 is 0. The maximum Gasteiger partial charge on any atom is 0.339 e. The molecule has 2 aromatic carbocycles. The van der Waals surface area contributed by atoms with Gasteiger partial charge in [-0.15, -0.1) is 0 Å². The quantitative estimate of drug-likeness (QED) is 0.641. The molecular weight excluding hydrogens is 412 g/mol. The number of rotatable bonds is 7. The summed E-state index contributed by atoms with van der Waals surface area (Å²) in [6.45, 7) is 5.06. The van der Waals surface area contributed by atoms with Crippen LogP contribution in [0.1, 0.15) is 29.8 Å². The molecular formula is C20H22N2O7S. The van der Waals surface area contributed by atoms with Crippen molar-refractivity contribution in [2.24, 2.45) is 0 Å². The summed E-state index contributed by atoms with van der Waals surface area (Å²) in [6.07, 6.45) is -1.11. The van der Waals surface area contributed by atoms with Gasteiger partial charge < -0.3 is 19.5 Å². The van der Waals surface area contributed by atoms with Gasteiger partial charge >= 0.3 is 5.97 Å². The zero-order chi connectivity index (χ0) is 21.9. The van der Waals surface area contributed by atoms with E-state index in [4.69, 9.17) is 14.2 Å². The molecule has 1 atom stereocenters. The minimum atomic E-state index is -3.73. The Labute approximate surface area is 174 Å². The first kappa shape index (κ1) is 21.6. The van der Waals surface area contributed by atoms with E-state index in [1.54, 1.807) is 32.0 Å². The van der Waals surface area contributed by atoms with Crippen molar-refractivity contribution in [3.8, 4) is 11.5 Å². The van der Waals surface area contributed by atoms with Crippen molar-refractivity contribution in [3.63, 3.8) is 0 Å². The number of esters is 1. The number of sulfonamides is 1.